The van der Waals surface area contributed by atoms with Crippen molar-refractivity contribution in [3.63, 3.8) is 0 Å². The number of benzene rings is 2. The Morgan fingerprint density at radius 1 is 1.03 bits per heavy atom. The molecule has 0 radical (unpaired) electrons. The lowest BCUT2D eigenvalue weighted by Gasteiger charge is -2.31. The van der Waals surface area contributed by atoms with E-state index in [4.69, 9.17) is 4.74 Å². The number of rotatable bonds is 8. The van der Waals surface area contributed by atoms with Crippen LogP contribution in [-0.2, 0) is 9.53 Å². The third-order valence-electron chi connectivity index (χ3n) is 4.75. The Hall–Kier alpha value is -3.13. The van der Waals surface area contributed by atoms with E-state index in [1.165, 1.54) is 0 Å². The van der Waals surface area contributed by atoms with Crippen LogP contribution in [0.3, 0.4) is 0 Å². The zero-order valence-electron chi connectivity index (χ0n) is 18.2. The van der Waals surface area contributed by atoms with Gasteiger partial charge in [0.15, 0.2) is 0 Å². The minimum atomic E-state index is -0.654. The van der Waals surface area contributed by atoms with Crippen molar-refractivity contribution < 1.29 is 14.3 Å². The number of amides is 1. The van der Waals surface area contributed by atoms with Gasteiger partial charge in [-0.2, -0.15) is 5.26 Å². The topological polar surface area (TPSA) is 70.4 Å². The Morgan fingerprint density at radius 3 is 2.13 bits per heavy atom. The Morgan fingerprint density at radius 2 is 1.60 bits per heavy atom. The number of esters is 1. The Balaban J connectivity index is 2.21. The SMILES string of the molecule is CC(c1ccccc1)C(C#N)N(CCCC(=O)OC(C)(C)C)C(=O)c1ccccc1. The van der Waals surface area contributed by atoms with Gasteiger partial charge in [-0.15, -0.1) is 0 Å². The van der Waals surface area contributed by atoms with Crippen LogP contribution in [0.25, 0.3) is 0 Å². The van der Waals surface area contributed by atoms with Gasteiger partial charge in [0.1, 0.15) is 11.6 Å². The van der Waals surface area contributed by atoms with Crippen LogP contribution in [-0.4, -0.2) is 35.0 Å². The van der Waals surface area contributed by atoms with Gasteiger partial charge in [0.25, 0.3) is 5.91 Å². The molecule has 2 unspecified atom stereocenters. The molecule has 5 nitrogen and oxygen atoms in total. The van der Waals surface area contributed by atoms with E-state index in [0.717, 1.165) is 5.56 Å². The van der Waals surface area contributed by atoms with Crippen molar-refractivity contribution in [3.8, 4) is 6.07 Å². The molecule has 2 aromatic rings. The second-order valence-corrected chi connectivity index (χ2v) is 8.33. The second-order valence-electron chi connectivity index (χ2n) is 8.33. The maximum absolute atomic E-state index is 13.2. The van der Waals surface area contributed by atoms with Crippen LogP contribution >= 0.6 is 0 Å². The van der Waals surface area contributed by atoms with Crippen LogP contribution in [0.4, 0.5) is 0 Å². The fourth-order valence-electron chi connectivity index (χ4n) is 3.29. The predicted molar refractivity (Wildman–Crippen MR) is 117 cm³/mol. The summed E-state index contributed by atoms with van der Waals surface area (Å²) in [5.74, 6) is -0.696. The number of nitrogens with zero attached hydrogens (tertiary/aromatic N) is 2. The second kappa shape index (κ2) is 10.6. The van der Waals surface area contributed by atoms with E-state index < -0.39 is 11.6 Å². The van der Waals surface area contributed by atoms with Crippen molar-refractivity contribution in [2.24, 2.45) is 0 Å². The van der Waals surface area contributed by atoms with Gasteiger partial charge >= 0.3 is 5.97 Å². The molecule has 0 aliphatic rings. The van der Waals surface area contributed by atoms with Crippen molar-refractivity contribution in [2.75, 3.05) is 6.54 Å². The van der Waals surface area contributed by atoms with E-state index >= 15 is 0 Å². The number of hydrogen-bond acceptors (Lipinski definition) is 4. The standard InChI is InChI=1S/C25H30N2O3/c1-19(20-12-7-5-8-13-20)22(18-26)27(24(29)21-14-9-6-10-15-21)17-11-16-23(28)30-25(2,3)4/h5-10,12-15,19,22H,11,16-17H2,1-4H3. The smallest absolute Gasteiger partial charge is 0.306 e. The lowest BCUT2D eigenvalue weighted by atomic mass is 9.92. The first-order chi connectivity index (χ1) is 14.2. The van der Waals surface area contributed by atoms with Crippen molar-refractivity contribution in [2.45, 2.75) is 58.1 Å². The summed E-state index contributed by atoms with van der Waals surface area (Å²) in [7, 11) is 0. The molecular formula is C25H30N2O3. The normalized spacial score (nSPS) is 13.0. The molecule has 0 saturated heterocycles. The number of hydrogen-bond donors (Lipinski definition) is 0. The van der Waals surface area contributed by atoms with E-state index in [1.807, 2.05) is 64.1 Å². The molecule has 0 aliphatic carbocycles. The number of ether oxygens (including phenoxy) is 1. The van der Waals surface area contributed by atoms with Crippen molar-refractivity contribution in [1.82, 2.24) is 4.90 Å². The van der Waals surface area contributed by atoms with Gasteiger partial charge in [0.05, 0.1) is 6.07 Å². The van der Waals surface area contributed by atoms with Crippen LogP contribution in [0.15, 0.2) is 60.7 Å². The summed E-state index contributed by atoms with van der Waals surface area (Å²) in [5.41, 5.74) is 0.963. The van der Waals surface area contributed by atoms with Crippen LogP contribution in [0.1, 0.15) is 62.4 Å². The predicted octanol–water partition coefficient (Wildman–Crippen LogP) is 4.95. The van der Waals surface area contributed by atoms with Crippen LogP contribution in [0.2, 0.25) is 0 Å². The van der Waals surface area contributed by atoms with Crippen LogP contribution in [0, 0.1) is 11.3 Å². The van der Waals surface area contributed by atoms with Gasteiger partial charge in [-0.05, 0) is 44.9 Å². The lowest BCUT2D eigenvalue weighted by Crippen LogP contribution is -2.43. The Kier molecular flexibility index (Phi) is 8.17. The highest BCUT2D eigenvalue weighted by Crippen LogP contribution is 2.25. The van der Waals surface area contributed by atoms with Gasteiger partial charge in [-0.25, -0.2) is 0 Å². The average Bonchev–Trinajstić information content (AvgIpc) is 2.72. The molecule has 0 spiro atoms. The van der Waals surface area contributed by atoms with Gasteiger partial charge in [0.2, 0.25) is 0 Å². The van der Waals surface area contributed by atoms with Crippen LogP contribution < -0.4 is 0 Å². The van der Waals surface area contributed by atoms with E-state index in [1.54, 1.807) is 29.2 Å². The Bertz CT molecular complexity index is 867. The minimum Gasteiger partial charge on any atom is -0.460 e. The molecule has 0 aliphatic heterocycles. The maximum Gasteiger partial charge on any atom is 0.306 e. The quantitative estimate of drug-likeness (QED) is 0.582. The van der Waals surface area contributed by atoms with Gasteiger partial charge in [-0.1, -0.05) is 55.5 Å². The van der Waals surface area contributed by atoms with Crippen molar-refractivity contribution in [1.29, 1.82) is 5.26 Å². The highest BCUT2D eigenvalue weighted by Gasteiger charge is 2.30. The van der Waals surface area contributed by atoms with E-state index in [9.17, 15) is 14.9 Å². The third-order valence-corrected chi connectivity index (χ3v) is 4.75. The summed E-state index contributed by atoms with van der Waals surface area (Å²) in [4.78, 5) is 26.9. The molecule has 0 N–H and O–H groups in total. The average molecular weight is 407 g/mol. The molecule has 158 valence electrons. The highest BCUT2D eigenvalue weighted by molar-refractivity contribution is 5.94. The molecular weight excluding hydrogens is 376 g/mol. The molecule has 0 saturated carbocycles. The van der Waals surface area contributed by atoms with E-state index in [-0.39, 0.29) is 24.2 Å². The summed E-state index contributed by atoms with van der Waals surface area (Å²) in [6.07, 6.45) is 0.612. The maximum atomic E-state index is 13.2. The summed E-state index contributed by atoms with van der Waals surface area (Å²) >= 11 is 0. The molecule has 2 aromatic carbocycles. The minimum absolute atomic E-state index is 0.176. The number of nitriles is 1. The van der Waals surface area contributed by atoms with E-state index in [2.05, 4.69) is 6.07 Å². The fourth-order valence-corrected chi connectivity index (χ4v) is 3.29. The molecule has 2 atom stereocenters. The van der Waals surface area contributed by atoms with Gasteiger partial charge in [0, 0.05) is 24.4 Å². The first kappa shape index (κ1) is 23.2. The molecule has 30 heavy (non-hydrogen) atoms. The highest BCUT2D eigenvalue weighted by atomic mass is 16.6. The zero-order valence-corrected chi connectivity index (χ0v) is 18.2. The number of carbonyl (C=O) groups excluding carboxylic acids is 2. The first-order valence-electron chi connectivity index (χ1n) is 10.3. The van der Waals surface area contributed by atoms with Crippen LogP contribution in [0.5, 0.6) is 0 Å². The summed E-state index contributed by atoms with van der Waals surface area (Å²) in [6.45, 7) is 7.71. The van der Waals surface area contributed by atoms with Crippen molar-refractivity contribution >= 4 is 11.9 Å². The third kappa shape index (κ3) is 6.73. The summed E-state index contributed by atoms with van der Waals surface area (Å²) in [6, 6.07) is 20.3. The lowest BCUT2D eigenvalue weighted by molar-refractivity contribution is -0.155. The molecule has 0 heterocycles. The largest absolute Gasteiger partial charge is 0.460 e. The zero-order chi connectivity index (χ0) is 22.1. The first-order valence-corrected chi connectivity index (χ1v) is 10.3. The van der Waals surface area contributed by atoms with Gasteiger partial charge in [-0.3, -0.25) is 9.59 Å². The Labute approximate surface area is 179 Å². The monoisotopic (exact) mass is 406 g/mol. The van der Waals surface area contributed by atoms with Crippen molar-refractivity contribution in [3.05, 3.63) is 71.8 Å². The number of carbonyl (C=O) groups is 2. The molecule has 5 heteroatoms. The molecule has 0 fully saturated rings. The molecule has 2 rings (SSSR count). The summed E-state index contributed by atoms with van der Waals surface area (Å²) in [5, 5.41) is 9.95. The molecule has 0 aromatic heterocycles. The summed E-state index contributed by atoms with van der Waals surface area (Å²) < 4.78 is 5.36. The molecule has 1 amide bonds. The molecule has 0 bridgehead atoms. The van der Waals surface area contributed by atoms with Gasteiger partial charge < -0.3 is 9.64 Å². The fraction of sp³-hybridized carbons (Fsp3) is 0.400. The van der Waals surface area contributed by atoms with E-state index in [0.29, 0.717) is 18.5 Å².